The molecule has 7 nitrogen and oxygen atoms in total. The minimum absolute atomic E-state index is 0.167. The lowest BCUT2D eigenvalue weighted by molar-refractivity contribution is -0.139. The predicted octanol–water partition coefficient (Wildman–Crippen LogP) is 6.77. The van der Waals surface area contributed by atoms with Crippen LogP contribution in [0.5, 0.6) is 0 Å². The van der Waals surface area contributed by atoms with E-state index in [0.717, 1.165) is 38.3 Å². The zero-order valence-corrected chi connectivity index (χ0v) is 22.2. The SMILES string of the molecule is COP(=O)(OC)[C@H](CCc1cccc2ccccc12)N[C@@H](Cc1ccc2c(c1)oc1ccccc12)C(=O)O. The first kappa shape index (κ1) is 26.1. The highest BCUT2D eigenvalue weighted by Crippen LogP contribution is 2.52. The monoisotopic (exact) mass is 531 g/mol. The van der Waals surface area contributed by atoms with Gasteiger partial charge in [0, 0.05) is 25.0 Å². The second-order valence-electron chi connectivity index (χ2n) is 9.29. The van der Waals surface area contributed by atoms with Crippen LogP contribution in [-0.4, -0.2) is 37.1 Å². The van der Waals surface area contributed by atoms with Gasteiger partial charge >= 0.3 is 13.6 Å². The summed E-state index contributed by atoms with van der Waals surface area (Å²) in [6, 6.07) is 26.6. The fourth-order valence-corrected chi connectivity index (χ4v) is 6.51. The third-order valence-corrected chi connectivity index (χ3v) is 9.22. The summed E-state index contributed by atoms with van der Waals surface area (Å²) in [7, 11) is -0.996. The van der Waals surface area contributed by atoms with Crippen molar-refractivity contribution in [3.8, 4) is 0 Å². The number of rotatable bonds is 11. The summed E-state index contributed by atoms with van der Waals surface area (Å²) in [5.41, 5.74) is 3.34. The third kappa shape index (κ3) is 5.24. The lowest BCUT2D eigenvalue weighted by Crippen LogP contribution is -2.45. The number of aryl methyl sites for hydroxylation is 1. The van der Waals surface area contributed by atoms with Crippen LogP contribution in [0.2, 0.25) is 0 Å². The average Bonchev–Trinajstić information content (AvgIpc) is 3.32. The summed E-state index contributed by atoms with van der Waals surface area (Å²) >= 11 is 0. The van der Waals surface area contributed by atoms with E-state index < -0.39 is 25.4 Å². The molecular formula is C30H30NO6P. The fraction of sp³-hybridized carbons (Fsp3) is 0.233. The van der Waals surface area contributed by atoms with E-state index >= 15 is 0 Å². The van der Waals surface area contributed by atoms with E-state index in [9.17, 15) is 14.5 Å². The molecule has 5 aromatic rings. The van der Waals surface area contributed by atoms with Gasteiger partial charge in [-0.15, -0.1) is 0 Å². The van der Waals surface area contributed by atoms with E-state index in [4.69, 9.17) is 13.5 Å². The van der Waals surface area contributed by atoms with Crippen LogP contribution in [-0.2, 0) is 31.2 Å². The minimum atomic E-state index is -3.64. The summed E-state index contributed by atoms with van der Waals surface area (Å²) in [6.07, 6.45) is 1.09. The molecule has 0 bridgehead atoms. The highest BCUT2D eigenvalue weighted by atomic mass is 31.2. The largest absolute Gasteiger partial charge is 0.480 e. The molecule has 1 heterocycles. The Morgan fingerprint density at radius 2 is 1.58 bits per heavy atom. The third-order valence-electron chi connectivity index (χ3n) is 7.03. The van der Waals surface area contributed by atoms with E-state index in [1.54, 1.807) is 0 Å². The molecular weight excluding hydrogens is 501 g/mol. The van der Waals surface area contributed by atoms with E-state index in [0.29, 0.717) is 18.4 Å². The minimum Gasteiger partial charge on any atom is -0.480 e. The number of benzene rings is 4. The Morgan fingerprint density at radius 1 is 0.895 bits per heavy atom. The molecule has 2 N–H and O–H groups in total. The number of hydrogen-bond acceptors (Lipinski definition) is 6. The number of para-hydroxylation sites is 1. The molecule has 0 unspecified atom stereocenters. The van der Waals surface area contributed by atoms with E-state index in [1.807, 2.05) is 84.9 Å². The number of hydrogen-bond donors (Lipinski definition) is 2. The summed E-state index contributed by atoms with van der Waals surface area (Å²) in [4.78, 5) is 12.3. The first-order valence-corrected chi connectivity index (χ1v) is 14.1. The van der Waals surface area contributed by atoms with Crippen LogP contribution >= 0.6 is 7.60 Å². The van der Waals surface area contributed by atoms with Gasteiger partial charge in [0.15, 0.2) is 0 Å². The summed E-state index contributed by atoms with van der Waals surface area (Å²) in [6.45, 7) is 0. The van der Waals surface area contributed by atoms with Crippen LogP contribution in [0, 0.1) is 0 Å². The molecule has 0 saturated heterocycles. The Kier molecular flexibility index (Phi) is 7.63. The average molecular weight is 532 g/mol. The van der Waals surface area contributed by atoms with Crippen molar-refractivity contribution in [2.45, 2.75) is 31.1 Å². The maximum absolute atomic E-state index is 13.5. The van der Waals surface area contributed by atoms with Crippen LogP contribution in [0.4, 0.5) is 0 Å². The lowest BCUT2D eigenvalue weighted by Gasteiger charge is -2.28. The molecule has 196 valence electrons. The highest BCUT2D eigenvalue weighted by Gasteiger charge is 2.37. The van der Waals surface area contributed by atoms with Crippen molar-refractivity contribution >= 4 is 46.3 Å². The number of fused-ring (bicyclic) bond motifs is 4. The number of furan rings is 1. The topological polar surface area (TPSA) is 98.0 Å². The molecule has 0 saturated carbocycles. The summed E-state index contributed by atoms with van der Waals surface area (Å²) in [5, 5.41) is 17.4. The Bertz CT molecular complexity index is 1630. The Balaban J connectivity index is 1.40. The van der Waals surface area contributed by atoms with E-state index in [1.165, 1.54) is 14.2 Å². The van der Waals surface area contributed by atoms with Crippen molar-refractivity contribution in [3.05, 3.63) is 96.1 Å². The molecule has 0 aliphatic rings. The molecule has 2 atom stereocenters. The Morgan fingerprint density at radius 3 is 2.34 bits per heavy atom. The smallest absolute Gasteiger partial charge is 0.346 e. The molecule has 0 radical (unpaired) electrons. The highest BCUT2D eigenvalue weighted by molar-refractivity contribution is 7.54. The van der Waals surface area contributed by atoms with Gasteiger partial charge in [-0.3, -0.25) is 14.7 Å². The number of aliphatic carboxylic acids is 1. The molecule has 0 aliphatic carbocycles. The van der Waals surface area contributed by atoms with E-state index in [2.05, 4.69) is 5.32 Å². The first-order valence-electron chi connectivity index (χ1n) is 12.5. The van der Waals surface area contributed by atoms with Crippen molar-refractivity contribution in [2.24, 2.45) is 0 Å². The summed E-state index contributed by atoms with van der Waals surface area (Å²) in [5.74, 6) is -1.88. The quantitative estimate of drug-likeness (QED) is 0.182. The Hall–Kier alpha value is -3.48. The second-order valence-corrected chi connectivity index (χ2v) is 11.7. The molecule has 0 aliphatic heterocycles. The normalized spacial score (nSPS) is 13.7. The zero-order valence-electron chi connectivity index (χ0n) is 21.3. The van der Waals surface area contributed by atoms with Gasteiger partial charge in [0.25, 0.3) is 0 Å². The molecule has 0 amide bonds. The first-order chi connectivity index (χ1) is 18.4. The van der Waals surface area contributed by atoms with Gasteiger partial charge in [-0.1, -0.05) is 72.8 Å². The van der Waals surface area contributed by atoms with Crippen LogP contribution < -0.4 is 5.32 Å². The van der Waals surface area contributed by atoms with Gasteiger partial charge in [0.2, 0.25) is 0 Å². The van der Waals surface area contributed by atoms with Gasteiger partial charge in [0.1, 0.15) is 23.0 Å². The zero-order chi connectivity index (χ0) is 26.7. The number of carboxylic acid groups (broad SMARTS) is 1. The van der Waals surface area contributed by atoms with Gasteiger partial charge in [-0.25, -0.2) is 0 Å². The molecule has 4 aromatic carbocycles. The number of carbonyl (C=O) groups is 1. The number of nitrogens with one attached hydrogen (secondary N) is 1. The molecule has 1 aromatic heterocycles. The maximum Gasteiger partial charge on any atom is 0.346 e. The van der Waals surface area contributed by atoms with Gasteiger partial charge < -0.3 is 18.6 Å². The van der Waals surface area contributed by atoms with Crippen LogP contribution in [0.3, 0.4) is 0 Å². The van der Waals surface area contributed by atoms with Crippen LogP contribution in [0.1, 0.15) is 17.5 Å². The van der Waals surface area contributed by atoms with Crippen LogP contribution in [0.15, 0.2) is 89.3 Å². The number of carboxylic acids is 1. The Labute approximate surface area is 220 Å². The van der Waals surface area contributed by atoms with Crippen molar-refractivity contribution in [1.82, 2.24) is 5.32 Å². The van der Waals surface area contributed by atoms with Crippen molar-refractivity contribution in [1.29, 1.82) is 0 Å². The van der Waals surface area contributed by atoms with Crippen LogP contribution in [0.25, 0.3) is 32.7 Å². The van der Waals surface area contributed by atoms with E-state index in [-0.39, 0.29) is 6.42 Å². The lowest BCUT2D eigenvalue weighted by atomic mass is 10.0. The molecule has 0 fully saturated rings. The standard InChI is InChI=1S/C30H30NO6P/c1-35-38(34,36-2)29(17-15-22-10-7-9-21-8-3-4-11-23(21)22)31-26(30(32)33)18-20-14-16-25-24-12-5-6-13-27(24)37-28(25)19-20/h3-14,16,19,26,29,31H,15,17-18H2,1-2H3,(H,32,33)/t26-,29+/m0/s1. The summed E-state index contributed by atoms with van der Waals surface area (Å²) < 4.78 is 30.1. The molecule has 8 heteroatoms. The fourth-order valence-electron chi connectivity index (χ4n) is 5.05. The maximum atomic E-state index is 13.5. The van der Waals surface area contributed by atoms with Crippen molar-refractivity contribution < 1.29 is 27.9 Å². The molecule has 0 spiro atoms. The van der Waals surface area contributed by atoms with Crippen molar-refractivity contribution in [2.75, 3.05) is 14.2 Å². The predicted molar refractivity (Wildman–Crippen MR) is 150 cm³/mol. The molecule has 38 heavy (non-hydrogen) atoms. The van der Waals surface area contributed by atoms with Crippen molar-refractivity contribution in [3.63, 3.8) is 0 Å². The van der Waals surface area contributed by atoms with Gasteiger partial charge in [0.05, 0.1) is 0 Å². The molecule has 5 rings (SSSR count). The van der Waals surface area contributed by atoms with Gasteiger partial charge in [-0.05, 0) is 53.3 Å². The van der Waals surface area contributed by atoms with Gasteiger partial charge in [-0.2, -0.15) is 0 Å². The second kappa shape index (κ2) is 11.1.